The van der Waals surface area contributed by atoms with Crippen LogP contribution in [0.1, 0.15) is 41.0 Å². The van der Waals surface area contributed by atoms with E-state index in [0.29, 0.717) is 0 Å². The van der Waals surface area contributed by atoms with Crippen LogP contribution in [0.2, 0.25) is 0 Å². The van der Waals surface area contributed by atoms with Crippen molar-refractivity contribution in [3.63, 3.8) is 0 Å². The molecule has 2 N–H and O–H groups in total. The molecule has 180 valence electrons. The minimum Gasteiger partial charge on any atom is -0.465 e. The summed E-state index contributed by atoms with van der Waals surface area (Å²) in [5.41, 5.74) is 0. The van der Waals surface area contributed by atoms with E-state index >= 15 is 0 Å². The Hall–Kier alpha value is -2.05. The molecular formula is C17H29O13P. The van der Waals surface area contributed by atoms with Gasteiger partial charge in [-0.2, -0.15) is 0 Å². The normalized spacial score (nSPS) is 16.3. The molecule has 0 aliphatic rings. The van der Waals surface area contributed by atoms with E-state index in [2.05, 4.69) is 4.52 Å². The highest BCUT2D eigenvalue weighted by Gasteiger charge is 2.40. The second-order valence-corrected chi connectivity index (χ2v) is 7.78. The first-order valence-corrected chi connectivity index (χ1v) is 10.6. The van der Waals surface area contributed by atoms with Crippen molar-refractivity contribution in [2.75, 3.05) is 13.7 Å². The van der Waals surface area contributed by atoms with E-state index in [4.69, 9.17) is 33.5 Å². The van der Waals surface area contributed by atoms with Crippen LogP contribution in [0, 0.1) is 5.92 Å². The Kier molecular flexibility index (Phi) is 12.5. The van der Waals surface area contributed by atoms with E-state index in [1.807, 2.05) is 0 Å². The fraction of sp³-hybridized carbons (Fsp3) is 0.765. The van der Waals surface area contributed by atoms with Crippen molar-refractivity contribution in [2.45, 2.75) is 65.6 Å². The largest absolute Gasteiger partial charge is 0.472 e. The summed E-state index contributed by atoms with van der Waals surface area (Å²) in [5, 5.41) is 0. The molecule has 5 atom stereocenters. The predicted molar refractivity (Wildman–Crippen MR) is 101 cm³/mol. The second-order valence-electron chi connectivity index (χ2n) is 6.59. The Bertz CT molecular complexity index is 673. The van der Waals surface area contributed by atoms with Crippen molar-refractivity contribution in [2.24, 2.45) is 5.92 Å². The van der Waals surface area contributed by atoms with Crippen LogP contribution in [0.25, 0.3) is 0 Å². The maximum absolute atomic E-state index is 11.7. The van der Waals surface area contributed by atoms with Gasteiger partial charge in [0.25, 0.3) is 0 Å². The Labute approximate surface area is 179 Å². The van der Waals surface area contributed by atoms with Gasteiger partial charge < -0.3 is 33.5 Å². The van der Waals surface area contributed by atoms with Crippen LogP contribution in [-0.2, 0) is 52.0 Å². The average molecular weight is 472 g/mol. The van der Waals surface area contributed by atoms with Crippen LogP contribution >= 0.6 is 7.82 Å². The van der Waals surface area contributed by atoms with Crippen molar-refractivity contribution >= 4 is 31.7 Å². The number of phosphoric ester groups is 1. The molecule has 0 bridgehead atoms. The minimum absolute atomic E-state index is 0.198. The lowest BCUT2D eigenvalue weighted by Gasteiger charge is -2.34. The molecule has 0 aliphatic carbocycles. The van der Waals surface area contributed by atoms with Crippen LogP contribution < -0.4 is 0 Å². The quantitative estimate of drug-likeness (QED) is 0.163. The zero-order chi connectivity index (χ0) is 24.4. The minimum atomic E-state index is -5.06. The number of phosphoric acid groups is 1. The van der Waals surface area contributed by atoms with Crippen molar-refractivity contribution in [1.82, 2.24) is 0 Å². The number of carbonyl (C=O) groups excluding carboxylic acids is 4. The van der Waals surface area contributed by atoms with Crippen molar-refractivity contribution in [3.8, 4) is 0 Å². The fourth-order valence-corrected chi connectivity index (χ4v) is 3.10. The molecule has 0 aliphatic heterocycles. The summed E-state index contributed by atoms with van der Waals surface area (Å²) in [6.45, 7) is 5.75. The van der Waals surface area contributed by atoms with E-state index < -0.39 is 68.6 Å². The van der Waals surface area contributed by atoms with Gasteiger partial charge in [-0.15, -0.1) is 0 Å². The number of carbonyl (C=O) groups is 4. The highest BCUT2D eigenvalue weighted by molar-refractivity contribution is 7.46. The van der Waals surface area contributed by atoms with Crippen LogP contribution in [0.5, 0.6) is 0 Å². The third-order valence-electron chi connectivity index (χ3n) is 3.66. The lowest BCUT2D eigenvalue weighted by atomic mass is 9.95. The van der Waals surface area contributed by atoms with Crippen LogP contribution in [0.4, 0.5) is 0 Å². The molecular weight excluding hydrogens is 443 g/mol. The number of ether oxygens (including phenoxy) is 5. The lowest BCUT2D eigenvalue weighted by Crippen LogP contribution is -2.46. The Balaban J connectivity index is 5.96. The maximum atomic E-state index is 11.7. The van der Waals surface area contributed by atoms with Crippen molar-refractivity contribution < 1.29 is 61.7 Å². The number of rotatable bonds is 13. The summed E-state index contributed by atoms with van der Waals surface area (Å²) >= 11 is 0. The summed E-state index contributed by atoms with van der Waals surface area (Å²) in [5.74, 6) is -3.65. The van der Waals surface area contributed by atoms with Gasteiger partial charge in [-0.25, -0.2) is 4.57 Å². The molecule has 0 heterocycles. The van der Waals surface area contributed by atoms with E-state index in [-0.39, 0.29) is 6.61 Å². The van der Waals surface area contributed by atoms with Gasteiger partial charge in [-0.3, -0.25) is 23.7 Å². The van der Waals surface area contributed by atoms with Crippen molar-refractivity contribution in [1.29, 1.82) is 0 Å². The number of esters is 4. The molecule has 13 nitrogen and oxygen atoms in total. The molecule has 0 saturated carbocycles. The number of hydrogen-bond acceptors (Lipinski definition) is 11. The van der Waals surface area contributed by atoms with E-state index in [1.165, 1.54) is 6.92 Å². The molecule has 0 aromatic carbocycles. The van der Waals surface area contributed by atoms with Gasteiger partial charge in [-0.1, -0.05) is 6.92 Å². The SMILES string of the molecule is COC(OP(=O)(O)O)[C@@H](C[C@@H](OC(C)=O)C(OC(C)=O)C(C)COC(C)=O)OC(C)=O. The first kappa shape index (κ1) is 28.9. The topological polar surface area (TPSA) is 181 Å². The molecule has 14 heteroatoms. The van der Waals surface area contributed by atoms with Crippen LogP contribution in [-0.4, -0.2) is 72.0 Å². The Morgan fingerprint density at radius 2 is 1.32 bits per heavy atom. The van der Waals surface area contributed by atoms with Gasteiger partial charge in [0.15, 0.2) is 6.10 Å². The molecule has 0 amide bonds. The Morgan fingerprint density at radius 1 is 0.839 bits per heavy atom. The summed E-state index contributed by atoms with van der Waals surface area (Å²) < 4.78 is 41.1. The summed E-state index contributed by atoms with van der Waals surface area (Å²) in [4.78, 5) is 64.1. The van der Waals surface area contributed by atoms with Gasteiger partial charge in [0.1, 0.15) is 12.2 Å². The maximum Gasteiger partial charge on any atom is 0.472 e. The van der Waals surface area contributed by atoms with E-state index in [0.717, 1.165) is 27.9 Å². The smallest absolute Gasteiger partial charge is 0.465 e. The van der Waals surface area contributed by atoms with E-state index in [9.17, 15) is 23.7 Å². The lowest BCUT2D eigenvalue weighted by molar-refractivity contribution is -0.195. The zero-order valence-electron chi connectivity index (χ0n) is 18.1. The molecule has 0 aromatic rings. The van der Waals surface area contributed by atoms with Gasteiger partial charge in [-0.05, 0) is 0 Å². The third-order valence-corrected chi connectivity index (χ3v) is 4.14. The summed E-state index contributed by atoms with van der Waals surface area (Å²) in [6, 6.07) is 0. The average Bonchev–Trinajstić information content (AvgIpc) is 2.59. The monoisotopic (exact) mass is 472 g/mol. The van der Waals surface area contributed by atoms with Crippen molar-refractivity contribution in [3.05, 3.63) is 0 Å². The molecule has 0 fully saturated rings. The first-order chi connectivity index (χ1) is 14.2. The van der Waals surface area contributed by atoms with Gasteiger partial charge >= 0.3 is 31.7 Å². The standard InChI is InChI=1S/C17H29O13P/c1-9(8-26-10(2)18)16(29-13(5)21)14(27-11(3)19)7-15(28-12(4)20)17(25-6)30-31(22,23)24/h9,14-17H,7-8H2,1-6H3,(H2,22,23,24)/t9?,14-,15-,16?,17?/m1/s1. The molecule has 31 heavy (non-hydrogen) atoms. The summed E-state index contributed by atoms with van der Waals surface area (Å²) in [6.07, 6.45) is -6.11. The zero-order valence-corrected chi connectivity index (χ0v) is 19.0. The Morgan fingerprint density at radius 3 is 1.71 bits per heavy atom. The van der Waals surface area contributed by atoms with Gasteiger partial charge in [0, 0.05) is 47.1 Å². The number of hydrogen-bond donors (Lipinski definition) is 2. The van der Waals surface area contributed by atoms with Gasteiger partial charge in [0.2, 0.25) is 6.29 Å². The molecule has 0 rings (SSSR count). The molecule has 0 saturated heterocycles. The third kappa shape index (κ3) is 13.1. The molecule has 0 aromatic heterocycles. The van der Waals surface area contributed by atoms with Crippen LogP contribution in [0.3, 0.4) is 0 Å². The number of methoxy groups -OCH3 is 1. The summed E-state index contributed by atoms with van der Waals surface area (Å²) in [7, 11) is -4.01. The highest BCUT2D eigenvalue weighted by Crippen LogP contribution is 2.39. The molecule has 0 radical (unpaired) electrons. The molecule has 0 spiro atoms. The van der Waals surface area contributed by atoms with Crippen LogP contribution in [0.15, 0.2) is 0 Å². The predicted octanol–water partition coefficient (Wildman–Crippen LogP) is 0.453. The fourth-order valence-electron chi connectivity index (χ4n) is 2.61. The highest BCUT2D eigenvalue weighted by atomic mass is 31.2. The molecule has 3 unspecified atom stereocenters. The first-order valence-electron chi connectivity index (χ1n) is 9.08. The second kappa shape index (κ2) is 13.4. The van der Waals surface area contributed by atoms with E-state index in [1.54, 1.807) is 6.92 Å². The van der Waals surface area contributed by atoms with Gasteiger partial charge in [0.05, 0.1) is 6.61 Å².